The zero-order valence-corrected chi connectivity index (χ0v) is 21.1. The molecule has 3 amide bonds. The molecule has 0 radical (unpaired) electrons. The van der Waals surface area contributed by atoms with Gasteiger partial charge in [0.25, 0.3) is 5.91 Å². The molecule has 2 N–H and O–H groups in total. The van der Waals surface area contributed by atoms with E-state index in [-0.39, 0.29) is 48.7 Å². The highest BCUT2D eigenvalue weighted by Crippen LogP contribution is 2.22. The fourth-order valence-corrected chi connectivity index (χ4v) is 4.12. The second-order valence-electron chi connectivity index (χ2n) is 9.38. The Morgan fingerprint density at radius 3 is 2.69 bits per heavy atom. The lowest BCUT2D eigenvalue weighted by atomic mass is 10.0. The van der Waals surface area contributed by atoms with Crippen molar-refractivity contribution >= 4 is 17.7 Å². The van der Waals surface area contributed by atoms with Crippen molar-refractivity contribution in [1.82, 2.24) is 34.9 Å². The molecule has 190 valence electrons. The number of carbonyl (C=O) groups excluding carboxylic acids is 3. The first-order chi connectivity index (χ1) is 16.6. The van der Waals surface area contributed by atoms with Gasteiger partial charge in [-0.3, -0.25) is 14.4 Å². The van der Waals surface area contributed by atoms with E-state index in [4.69, 9.17) is 0 Å². The topological polar surface area (TPSA) is 134 Å². The van der Waals surface area contributed by atoms with E-state index >= 15 is 0 Å². The number of rotatable bonds is 3. The molecule has 0 aliphatic carbocycles. The van der Waals surface area contributed by atoms with Crippen molar-refractivity contribution in [3.8, 4) is 5.75 Å². The van der Waals surface area contributed by atoms with Gasteiger partial charge in [0.05, 0.1) is 12.6 Å². The Morgan fingerprint density at radius 2 is 2.00 bits per heavy atom. The summed E-state index contributed by atoms with van der Waals surface area (Å²) in [5.74, 6) is 0.386. The average Bonchev–Trinajstić information content (AvgIpc) is 3.19. The second-order valence-corrected chi connectivity index (χ2v) is 9.38. The predicted octanol–water partition coefficient (Wildman–Crippen LogP) is 1.67. The monoisotopic (exact) mass is 485 g/mol. The van der Waals surface area contributed by atoms with E-state index in [1.807, 2.05) is 0 Å². The van der Waals surface area contributed by atoms with E-state index in [9.17, 15) is 19.5 Å². The van der Waals surface area contributed by atoms with Crippen LogP contribution in [0.5, 0.6) is 5.75 Å². The van der Waals surface area contributed by atoms with Crippen molar-refractivity contribution in [2.24, 2.45) is 5.92 Å². The summed E-state index contributed by atoms with van der Waals surface area (Å²) < 4.78 is 1.73. The Bertz CT molecular complexity index is 1070. The molecule has 0 saturated carbocycles. The van der Waals surface area contributed by atoms with Crippen molar-refractivity contribution in [2.75, 3.05) is 20.1 Å². The highest BCUT2D eigenvalue weighted by Gasteiger charge is 2.29. The van der Waals surface area contributed by atoms with Gasteiger partial charge in [-0.05, 0) is 44.7 Å². The standard InChI is InChI=1S/C24H35N7O4/c1-15(2)14-18-22-26-17(4)28-31(22)13-12-30(24(35)21-19(32)8-6-10-25-21)11-7-9-20(33)29(5)16(3)23(34)27-18/h6,8,10,15-16,18,32H,7,9,11-14H2,1-5H3,(H,27,34)/t16-,18+/m0/s1. The number of amides is 3. The van der Waals surface area contributed by atoms with Crippen LogP contribution in [0.2, 0.25) is 0 Å². The van der Waals surface area contributed by atoms with Gasteiger partial charge in [0.2, 0.25) is 11.8 Å². The van der Waals surface area contributed by atoms with E-state index in [1.165, 1.54) is 17.2 Å². The van der Waals surface area contributed by atoms with Crippen molar-refractivity contribution in [1.29, 1.82) is 0 Å². The Morgan fingerprint density at radius 1 is 1.26 bits per heavy atom. The lowest BCUT2D eigenvalue weighted by Gasteiger charge is -2.29. The molecule has 0 unspecified atom stereocenters. The molecule has 0 spiro atoms. The molecule has 2 aromatic rings. The van der Waals surface area contributed by atoms with Crippen molar-refractivity contribution in [3.05, 3.63) is 35.7 Å². The lowest BCUT2D eigenvalue weighted by molar-refractivity contribution is -0.138. The number of aromatic nitrogens is 4. The molecule has 3 rings (SSSR count). The number of carbonyl (C=O) groups is 3. The zero-order chi connectivity index (χ0) is 25.7. The first kappa shape index (κ1) is 26.1. The molecular weight excluding hydrogens is 450 g/mol. The maximum atomic E-state index is 13.2. The average molecular weight is 486 g/mol. The van der Waals surface area contributed by atoms with Crippen molar-refractivity contribution < 1.29 is 19.5 Å². The number of pyridine rings is 1. The summed E-state index contributed by atoms with van der Waals surface area (Å²) in [5.41, 5.74) is -0.0365. The zero-order valence-electron chi connectivity index (χ0n) is 21.1. The van der Waals surface area contributed by atoms with Crippen LogP contribution in [0.25, 0.3) is 0 Å². The van der Waals surface area contributed by atoms with Gasteiger partial charge >= 0.3 is 0 Å². The fraction of sp³-hybridized carbons (Fsp3) is 0.583. The van der Waals surface area contributed by atoms with E-state index < -0.39 is 18.0 Å². The van der Waals surface area contributed by atoms with Gasteiger partial charge in [-0.1, -0.05) is 13.8 Å². The molecular formula is C24H35N7O4. The van der Waals surface area contributed by atoms with Gasteiger partial charge in [-0.25, -0.2) is 14.6 Å². The number of hydrogen-bond donors (Lipinski definition) is 2. The molecule has 11 heteroatoms. The lowest BCUT2D eigenvalue weighted by Crippen LogP contribution is -2.47. The van der Waals surface area contributed by atoms with Gasteiger partial charge in [-0.15, -0.1) is 0 Å². The molecule has 0 aromatic carbocycles. The van der Waals surface area contributed by atoms with E-state index in [0.717, 1.165) is 0 Å². The quantitative estimate of drug-likeness (QED) is 0.675. The number of likely N-dealkylation sites (N-methyl/N-ethyl adjacent to an activating group) is 1. The minimum Gasteiger partial charge on any atom is -0.505 e. The van der Waals surface area contributed by atoms with Gasteiger partial charge < -0.3 is 20.2 Å². The first-order valence-electron chi connectivity index (χ1n) is 12.0. The molecule has 11 nitrogen and oxygen atoms in total. The molecule has 0 fully saturated rings. The molecule has 1 aliphatic rings. The summed E-state index contributed by atoms with van der Waals surface area (Å²) in [6.07, 6.45) is 2.67. The molecule has 3 heterocycles. The summed E-state index contributed by atoms with van der Waals surface area (Å²) >= 11 is 0. The van der Waals surface area contributed by atoms with Crippen LogP contribution in [0, 0.1) is 12.8 Å². The molecule has 35 heavy (non-hydrogen) atoms. The molecule has 2 atom stereocenters. The SMILES string of the molecule is Cc1nc2n(n1)CCN(C(=O)c1ncccc1O)CCCC(=O)N(C)[C@@H](C)C(=O)N[C@@H]2CC(C)C. The molecule has 0 saturated heterocycles. The maximum absolute atomic E-state index is 13.2. The maximum Gasteiger partial charge on any atom is 0.276 e. The van der Waals surface area contributed by atoms with Crippen LogP contribution in [-0.2, 0) is 16.1 Å². The van der Waals surface area contributed by atoms with Gasteiger partial charge in [0.1, 0.15) is 23.4 Å². The van der Waals surface area contributed by atoms with Crippen LogP contribution >= 0.6 is 0 Å². The second kappa shape index (κ2) is 11.3. The summed E-state index contributed by atoms with van der Waals surface area (Å²) in [4.78, 5) is 50.7. The first-order valence-corrected chi connectivity index (χ1v) is 12.0. The molecule has 1 aliphatic heterocycles. The van der Waals surface area contributed by atoms with Crippen LogP contribution in [-0.4, -0.2) is 78.6 Å². The smallest absolute Gasteiger partial charge is 0.276 e. The van der Waals surface area contributed by atoms with Crippen LogP contribution < -0.4 is 5.32 Å². The van der Waals surface area contributed by atoms with Crippen molar-refractivity contribution in [2.45, 2.75) is 65.6 Å². The van der Waals surface area contributed by atoms with Crippen LogP contribution in [0.3, 0.4) is 0 Å². The number of aromatic hydroxyl groups is 1. The summed E-state index contributed by atoms with van der Waals surface area (Å²) in [6, 6.07) is 1.91. The van der Waals surface area contributed by atoms with Crippen molar-refractivity contribution in [3.63, 3.8) is 0 Å². The number of hydrogen-bond acceptors (Lipinski definition) is 7. The van der Waals surface area contributed by atoms with Crippen LogP contribution in [0.4, 0.5) is 0 Å². The summed E-state index contributed by atoms with van der Waals surface area (Å²) in [7, 11) is 1.61. The number of fused-ring (bicyclic) bond motifs is 1. The Balaban J connectivity index is 1.97. The minimum absolute atomic E-state index is 0.0365. The highest BCUT2D eigenvalue weighted by atomic mass is 16.3. The highest BCUT2D eigenvalue weighted by molar-refractivity contribution is 5.94. The van der Waals surface area contributed by atoms with Gasteiger partial charge in [0.15, 0.2) is 5.69 Å². The third-order valence-corrected chi connectivity index (χ3v) is 6.17. The number of nitrogens with one attached hydrogen (secondary N) is 1. The number of aryl methyl sites for hydroxylation is 1. The summed E-state index contributed by atoms with van der Waals surface area (Å²) in [5, 5.41) is 17.7. The summed E-state index contributed by atoms with van der Waals surface area (Å²) in [6.45, 7) is 8.49. The normalized spacial score (nSPS) is 20.4. The largest absolute Gasteiger partial charge is 0.505 e. The van der Waals surface area contributed by atoms with E-state index in [0.29, 0.717) is 31.0 Å². The predicted molar refractivity (Wildman–Crippen MR) is 128 cm³/mol. The van der Waals surface area contributed by atoms with E-state index in [1.54, 1.807) is 36.5 Å². The third kappa shape index (κ3) is 6.34. The Labute approximate surface area is 205 Å². The molecule has 0 bridgehead atoms. The van der Waals surface area contributed by atoms with E-state index in [2.05, 4.69) is 34.2 Å². The van der Waals surface area contributed by atoms with Crippen LogP contribution in [0.15, 0.2) is 18.3 Å². The fourth-order valence-electron chi connectivity index (χ4n) is 4.12. The molecule has 2 aromatic heterocycles. The Kier molecular flexibility index (Phi) is 8.42. The minimum atomic E-state index is -0.666. The van der Waals surface area contributed by atoms with Crippen LogP contribution in [0.1, 0.15) is 68.2 Å². The van der Waals surface area contributed by atoms with Gasteiger partial charge in [-0.2, -0.15) is 5.10 Å². The Hall–Kier alpha value is -3.50. The number of nitrogens with zero attached hydrogens (tertiary/aromatic N) is 6. The third-order valence-electron chi connectivity index (χ3n) is 6.17. The van der Waals surface area contributed by atoms with Gasteiger partial charge in [0, 0.05) is 32.8 Å².